The van der Waals surface area contributed by atoms with Crippen LogP contribution < -0.4 is 16.8 Å². The van der Waals surface area contributed by atoms with Crippen molar-refractivity contribution in [3.8, 4) is 55.6 Å². The fourth-order valence-corrected chi connectivity index (χ4v) is 9.47. The predicted molar refractivity (Wildman–Crippen MR) is 308 cm³/mol. The maximum absolute atomic E-state index is 6.73. The summed E-state index contributed by atoms with van der Waals surface area (Å²) in [5.41, 5.74) is 31.3. The maximum atomic E-state index is 6.73. The summed E-state index contributed by atoms with van der Waals surface area (Å²) in [6.45, 7) is 0. The highest BCUT2D eigenvalue weighted by atomic mass is 32.1. The molecule has 0 bridgehead atoms. The second-order valence-electron chi connectivity index (χ2n) is 17.6. The zero-order chi connectivity index (χ0) is 47.2. The number of nitrogens with zero attached hydrogens (tertiary/aromatic N) is 1. The molecule has 0 saturated heterocycles. The molecule has 0 aliphatic rings. The van der Waals surface area contributed by atoms with Crippen LogP contribution in [0.1, 0.15) is 16.7 Å². The van der Waals surface area contributed by atoms with Gasteiger partial charge >= 0.3 is 0 Å². The number of rotatable bonds is 12. The van der Waals surface area contributed by atoms with Crippen LogP contribution in [0.15, 0.2) is 266 Å². The van der Waals surface area contributed by atoms with Gasteiger partial charge in [-0.3, -0.25) is 0 Å². The van der Waals surface area contributed by atoms with Gasteiger partial charge in [-0.2, -0.15) is 13.5 Å². The van der Waals surface area contributed by atoms with Crippen LogP contribution in [-0.2, 0) is 6.42 Å². The Morgan fingerprint density at radius 1 is 0.423 bits per heavy atom. The summed E-state index contributed by atoms with van der Waals surface area (Å²) in [6.07, 6.45) is 2.88. The Bertz CT molecular complexity index is 3680. The Morgan fingerprint density at radius 3 is 1.48 bits per heavy atom. The number of anilines is 3. The van der Waals surface area contributed by atoms with E-state index in [4.69, 9.17) is 16.5 Å². The molecule has 0 radical (unpaired) electrons. The summed E-state index contributed by atoms with van der Waals surface area (Å²) in [6, 6.07) is 89.7. The zero-order valence-electron chi connectivity index (χ0n) is 39.1. The van der Waals surface area contributed by atoms with Crippen molar-refractivity contribution in [1.29, 1.82) is 0 Å². The highest BCUT2D eigenvalue weighted by Crippen LogP contribution is 2.46. The number of benzene rings is 11. The first-order valence-electron chi connectivity index (χ1n) is 23.7. The topological polar surface area (TPSA) is 76.4 Å². The van der Waals surface area contributed by atoms with Gasteiger partial charge in [0.1, 0.15) is 5.84 Å². The predicted octanol–water partition coefficient (Wildman–Crippen LogP) is 16.8. The van der Waals surface area contributed by atoms with Crippen molar-refractivity contribution in [2.45, 2.75) is 6.42 Å². The molecule has 71 heavy (non-hydrogen) atoms. The van der Waals surface area contributed by atoms with Crippen molar-refractivity contribution < 1.29 is 0 Å². The normalized spacial score (nSPS) is 11.6. The van der Waals surface area contributed by atoms with Crippen LogP contribution in [0.3, 0.4) is 0 Å². The number of nitrogens with two attached hydrogens (primary N) is 2. The SMILES string of the molecule is NC(=N/C(=C\Cc1ccc(-c2ccccc2)cc1)c1ccc(-c2ccc3ccccc3c2-c2c(-c3ccc(-c4ccc(Nc5ccccc5)c(N)c4)cc3)ccc3ccccc23)cc1)c1ccccc1.S. The molecule has 5 heteroatoms. The number of nitrogen functional groups attached to an aromatic ring is 1. The van der Waals surface area contributed by atoms with E-state index in [1.807, 2.05) is 72.8 Å². The molecule has 11 aromatic rings. The Morgan fingerprint density at radius 2 is 0.887 bits per heavy atom. The first-order chi connectivity index (χ1) is 34.5. The van der Waals surface area contributed by atoms with Crippen molar-refractivity contribution in [3.63, 3.8) is 0 Å². The number of hydrogen-bond acceptors (Lipinski definition) is 3. The molecule has 342 valence electrons. The number of nitrogens with one attached hydrogen (secondary N) is 1. The van der Waals surface area contributed by atoms with E-state index < -0.39 is 0 Å². The van der Waals surface area contributed by atoms with Crippen molar-refractivity contribution in [2.75, 3.05) is 11.1 Å². The highest BCUT2D eigenvalue weighted by molar-refractivity contribution is 7.59. The minimum Gasteiger partial charge on any atom is -0.397 e. The molecule has 0 saturated carbocycles. The van der Waals surface area contributed by atoms with Crippen molar-refractivity contribution in [3.05, 3.63) is 278 Å². The van der Waals surface area contributed by atoms with E-state index in [0.717, 1.165) is 61.6 Å². The molecular formula is C66H52N4S. The quantitative estimate of drug-likeness (QED) is 0.0649. The number of fused-ring (bicyclic) bond motifs is 2. The number of para-hydroxylation sites is 1. The first-order valence-corrected chi connectivity index (χ1v) is 23.7. The van der Waals surface area contributed by atoms with Crippen LogP contribution in [-0.4, -0.2) is 5.84 Å². The molecule has 0 aliphatic heterocycles. The zero-order valence-corrected chi connectivity index (χ0v) is 40.1. The lowest BCUT2D eigenvalue weighted by Crippen LogP contribution is -2.13. The van der Waals surface area contributed by atoms with E-state index in [0.29, 0.717) is 17.9 Å². The summed E-state index contributed by atoms with van der Waals surface area (Å²) in [4.78, 5) is 5.08. The molecule has 0 aliphatic carbocycles. The lowest BCUT2D eigenvalue weighted by molar-refractivity contribution is 1.26. The maximum Gasteiger partial charge on any atom is 0.131 e. The molecule has 0 heterocycles. The van der Waals surface area contributed by atoms with Crippen molar-refractivity contribution in [2.24, 2.45) is 10.7 Å². The number of allylic oxidation sites excluding steroid dienone is 1. The molecule has 11 rings (SSSR count). The van der Waals surface area contributed by atoms with Gasteiger partial charge in [-0.25, -0.2) is 4.99 Å². The summed E-state index contributed by atoms with van der Waals surface area (Å²) in [7, 11) is 0. The van der Waals surface area contributed by atoms with Crippen molar-refractivity contribution >= 4 is 63.6 Å². The highest BCUT2D eigenvalue weighted by Gasteiger charge is 2.20. The van der Waals surface area contributed by atoms with Gasteiger partial charge in [0.15, 0.2) is 0 Å². The van der Waals surface area contributed by atoms with Crippen LogP contribution in [0.25, 0.3) is 82.9 Å². The Labute approximate surface area is 422 Å². The van der Waals surface area contributed by atoms with Crippen LogP contribution in [0.4, 0.5) is 17.1 Å². The van der Waals surface area contributed by atoms with Gasteiger partial charge in [-0.1, -0.05) is 237 Å². The third-order valence-corrected chi connectivity index (χ3v) is 13.1. The van der Waals surface area contributed by atoms with Gasteiger partial charge in [-0.05, 0) is 119 Å². The van der Waals surface area contributed by atoms with Crippen LogP contribution in [0.2, 0.25) is 0 Å². The van der Waals surface area contributed by atoms with E-state index >= 15 is 0 Å². The minimum absolute atomic E-state index is 0. The molecule has 0 aromatic heterocycles. The van der Waals surface area contributed by atoms with E-state index in [9.17, 15) is 0 Å². The molecule has 0 atom stereocenters. The molecule has 0 spiro atoms. The van der Waals surface area contributed by atoms with E-state index in [1.165, 1.54) is 49.4 Å². The Hall–Kier alpha value is -8.90. The molecule has 0 fully saturated rings. The number of amidine groups is 1. The molecular weight excluding hydrogens is 881 g/mol. The summed E-state index contributed by atoms with van der Waals surface area (Å²) in [5, 5.41) is 8.20. The molecule has 0 unspecified atom stereocenters. The first kappa shape index (κ1) is 45.9. The van der Waals surface area contributed by atoms with Gasteiger partial charge in [0.05, 0.1) is 17.1 Å². The minimum atomic E-state index is 0. The largest absolute Gasteiger partial charge is 0.397 e. The fourth-order valence-electron chi connectivity index (χ4n) is 9.47. The average Bonchev–Trinajstić information content (AvgIpc) is 3.43. The smallest absolute Gasteiger partial charge is 0.131 e. The van der Waals surface area contributed by atoms with Crippen LogP contribution >= 0.6 is 13.5 Å². The van der Waals surface area contributed by atoms with Gasteiger partial charge in [0.25, 0.3) is 0 Å². The van der Waals surface area contributed by atoms with Crippen LogP contribution in [0.5, 0.6) is 0 Å². The Balaban J connectivity index is 0.00000582. The summed E-state index contributed by atoms with van der Waals surface area (Å²) >= 11 is 0. The fraction of sp³-hybridized carbons (Fsp3) is 0.0152. The van der Waals surface area contributed by atoms with E-state index in [2.05, 4.69) is 193 Å². The molecule has 4 nitrogen and oxygen atoms in total. The molecule has 5 N–H and O–H groups in total. The number of hydrogen-bond donors (Lipinski definition) is 3. The number of aliphatic imine (C=N–C) groups is 1. The standard InChI is InChI=1S/C66H50N4.H2S/c67-61-44-55(39-43-63(61)69-56-20-8-3-9-21-56)48-29-31-51(32-30-48)59-40-37-49-16-10-12-22-57(49)64(59)65-58-23-13-11-17-50(58)38-41-60(65)52-33-35-53(36-34-52)62(70-66(68)54-18-6-2-7-19-54)42-26-45-24-27-47(28-25-45)46-14-4-1-5-15-46;/h1-25,27-44,69H,26,67H2,(H2,68,70);1H2/b62-42-;. The summed E-state index contributed by atoms with van der Waals surface area (Å²) < 4.78 is 0. The van der Waals surface area contributed by atoms with Crippen LogP contribution in [0, 0.1) is 0 Å². The third kappa shape index (κ3) is 9.86. The summed E-state index contributed by atoms with van der Waals surface area (Å²) in [5.74, 6) is 0.474. The van der Waals surface area contributed by atoms with Crippen molar-refractivity contribution in [1.82, 2.24) is 0 Å². The Kier molecular flexibility index (Phi) is 13.4. The van der Waals surface area contributed by atoms with Gasteiger partial charge in [0, 0.05) is 11.3 Å². The molecule has 11 aromatic carbocycles. The lowest BCUT2D eigenvalue weighted by atomic mass is 9.83. The molecule has 0 amide bonds. The second kappa shape index (κ2) is 20.8. The monoisotopic (exact) mass is 932 g/mol. The van der Waals surface area contributed by atoms with E-state index in [1.54, 1.807) is 0 Å². The lowest BCUT2D eigenvalue weighted by Gasteiger charge is -2.20. The van der Waals surface area contributed by atoms with E-state index in [-0.39, 0.29) is 13.5 Å². The average molecular weight is 933 g/mol. The van der Waals surface area contributed by atoms with Gasteiger partial charge in [-0.15, -0.1) is 0 Å². The van der Waals surface area contributed by atoms with Gasteiger partial charge < -0.3 is 16.8 Å². The van der Waals surface area contributed by atoms with Gasteiger partial charge in [0.2, 0.25) is 0 Å². The third-order valence-electron chi connectivity index (χ3n) is 13.1. The second-order valence-corrected chi connectivity index (χ2v) is 17.6.